The van der Waals surface area contributed by atoms with E-state index in [1.165, 1.54) is 0 Å². The van der Waals surface area contributed by atoms with Crippen LogP contribution in [0.25, 0.3) is 0 Å². The normalized spacial score (nSPS) is 18.4. The largest absolute Gasteiger partial charge is 0.396 e. The third kappa shape index (κ3) is 2.99. The minimum atomic E-state index is 0.0503. The van der Waals surface area contributed by atoms with Crippen LogP contribution in [0.15, 0.2) is 0 Å². The Bertz CT molecular complexity index is 189. The smallest absolute Gasteiger partial charge is 0.222 e. The van der Waals surface area contributed by atoms with Gasteiger partial charge in [-0.05, 0) is 18.3 Å². The molecule has 1 saturated heterocycles. The molecule has 3 nitrogen and oxygen atoms in total. The molecule has 0 unspecified atom stereocenters. The maximum absolute atomic E-state index is 11.3. The molecule has 0 aromatic heterocycles. The second-order valence-corrected chi connectivity index (χ2v) is 4.56. The van der Waals surface area contributed by atoms with Crippen molar-refractivity contribution >= 4 is 5.91 Å². The van der Waals surface area contributed by atoms with Crippen LogP contribution in [0, 0.1) is 5.41 Å². The van der Waals surface area contributed by atoms with Gasteiger partial charge in [-0.2, -0.15) is 0 Å². The highest BCUT2D eigenvalue weighted by atomic mass is 16.3. The Hall–Kier alpha value is -0.570. The van der Waals surface area contributed by atoms with E-state index in [1.807, 2.05) is 4.90 Å². The molecule has 0 radical (unpaired) electrons. The molecule has 1 aliphatic heterocycles. The van der Waals surface area contributed by atoms with Crippen molar-refractivity contribution in [1.82, 2.24) is 4.90 Å². The molecule has 1 heterocycles. The molecular formula is C10H19NO2. The summed E-state index contributed by atoms with van der Waals surface area (Å²) in [6, 6.07) is 0. The van der Waals surface area contributed by atoms with Gasteiger partial charge >= 0.3 is 0 Å². The summed E-state index contributed by atoms with van der Waals surface area (Å²) in [4.78, 5) is 13.2. The van der Waals surface area contributed by atoms with Crippen molar-refractivity contribution in [2.45, 2.75) is 33.1 Å². The van der Waals surface area contributed by atoms with E-state index < -0.39 is 0 Å². The molecule has 0 aromatic rings. The summed E-state index contributed by atoms with van der Waals surface area (Å²) in [5.41, 5.74) is 0.0503. The zero-order valence-electron chi connectivity index (χ0n) is 8.55. The maximum Gasteiger partial charge on any atom is 0.222 e. The summed E-state index contributed by atoms with van der Waals surface area (Å²) in [6.07, 6.45) is 2.46. The van der Waals surface area contributed by atoms with Crippen LogP contribution in [0.5, 0.6) is 0 Å². The van der Waals surface area contributed by atoms with Gasteiger partial charge in [0.15, 0.2) is 0 Å². The van der Waals surface area contributed by atoms with Crippen molar-refractivity contribution in [3.63, 3.8) is 0 Å². The van der Waals surface area contributed by atoms with Crippen molar-refractivity contribution < 1.29 is 9.90 Å². The van der Waals surface area contributed by atoms with Gasteiger partial charge in [-0.25, -0.2) is 0 Å². The number of likely N-dealkylation sites (tertiary alicyclic amines) is 1. The van der Waals surface area contributed by atoms with Crippen molar-refractivity contribution in [2.75, 3.05) is 19.7 Å². The molecule has 0 bridgehead atoms. The fraction of sp³-hybridized carbons (Fsp3) is 0.900. The van der Waals surface area contributed by atoms with Crippen molar-refractivity contribution in [3.05, 3.63) is 0 Å². The fourth-order valence-corrected chi connectivity index (χ4v) is 1.77. The maximum atomic E-state index is 11.3. The second-order valence-electron chi connectivity index (χ2n) is 4.56. The Kier molecular flexibility index (Phi) is 3.31. The topological polar surface area (TPSA) is 40.5 Å². The standard InChI is InChI=1S/C10H19NO2/c1-10(2,5-7-12)8-11-6-3-4-9(11)13/h12H,3-8H2,1-2H3. The second kappa shape index (κ2) is 4.09. The first kappa shape index (κ1) is 10.5. The van der Waals surface area contributed by atoms with E-state index in [2.05, 4.69) is 13.8 Å². The molecule has 0 aromatic carbocycles. The van der Waals surface area contributed by atoms with Gasteiger partial charge in [0.05, 0.1) is 0 Å². The summed E-state index contributed by atoms with van der Waals surface area (Å²) < 4.78 is 0. The summed E-state index contributed by atoms with van der Waals surface area (Å²) in [6.45, 7) is 6.07. The lowest BCUT2D eigenvalue weighted by Crippen LogP contribution is -2.35. The number of hydrogen-bond donors (Lipinski definition) is 1. The van der Waals surface area contributed by atoms with Crippen LogP contribution in [0.1, 0.15) is 33.1 Å². The van der Waals surface area contributed by atoms with Crippen LogP contribution in [0.4, 0.5) is 0 Å². The molecule has 3 heteroatoms. The van der Waals surface area contributed by atoms with Crippen molar-refractivity contribution in [1.29, 1.82) is 0 Å². The number of aliphatic hydroxyl groups excluding tert-OH is 1. The molecule has 0 saturated carbocycles. The molecule has 1 aliphatic rings. The Morgan fingerprint density at radius 3 is 2.69 bits per heavy atom. The highest BCUT2D eigenvalue weighted by Gasteiger charge is 2.27. The van der Waals surface area contributed by atoms with E-state index in [1.54, 1.807) is 0 Å². The molecule has 0 aliphatic carbocycles. The quantitative estimate of drug-likeness (QED) is 0.710. The lowest BCUT2D eigenvalue weighted by molar-refractivity contribution is -0.129. The fourth-order valence-electron chi connectivity index (χ4n) is 1.77. The molecule has 13 heavy (non-hydrogen) atoms. The summed E-state index contributed by atoms with van der Waals surface area (Å²) in [5, 5.41) is 8.84. The number of hydrogen-bond acceptors (Lipinski definition) is 2. The summed E-state index contributed by atoms with van der Waals surface area (Å²) >= 11 is 0. The monoisotopic (exact) mass is 185 g/mol. The zero-order valence-corrected chi connectivity index (χ0v) is 8.55. The van der Waals surface area contributed by atoms with Crippen LogP contribution in [-0.4, -0.2) is 35.6 Å². The van der Waals surface area contributed by atoms with Crippen molar-refractivity contribution in [3.8, 4) is 0 Å². The van der Waals surface area contributed by atoms with Crippen LogP contribution in [-0.2, 0) is 4.79 Å². The lowest BCUT2D eigenvalue weighted by Gasteiger charge is -2.29. The molecule has 1 rings (SSSR count). The van der Waals surface area contributed by atoms with Gasteiger partial charge < -0.3 is 10.0 Å². The Balaban J connectivity index is 2.42. The lowest BCUT2D eigenvalue weighted by atomic mass is 9.89. The van der Waals surface area contributed by atoms with Gasteiger partial charge in [0.25, 0.3) is 0 Å². The third-order valence-corrected chi connectivity index (χ3v) is 2.58. The number of nitrogens with zero attached hydrogens (tertiary/aromatic N) is 1. The van der Waals surface area contributed by atoms with Crippen LogP contribution < -0.4 is 0 Å². The molecule has 1 fully saturated rings. The summed E-state index contributed by atoms with van der Waals surface area (Å²) in [7, 11) is 0. The first-order chi connectivity index (χ1) is 6.05. The number of carbonyl (C=O) groups excluding carboxylic acids is 1. The molecule has 76 valence electrons. The molecular weight excluding hydrogens is 166 g/mol. The predicted octanol–water partition coefficient (Wildman–Crippen LogP) is 1.02. The van der Waals surface area contributed by atoms with Crippen molar-refractivity contribution in [2.24, 2.45) is 5.41 Å². The zero-order chi connectivity index (χ0) is 9.90. The third-order valence-electron chi connectivity index (χ3n) is 2.58. The highest BCUT2D eigenvalue weighted by molar-refractivity contribution is 5.78. The minimum absolute atomic E-state index is 0.0503. The predicted molar refractivity (Wildman–Crippen MR) is 51.3 cm³/mol. The van der Waals surface area contributed by atoms with E-state index in [-0.39, 0.29) is 17.9 Å². The van der Waals surface area contributed by atoms with Gasteiger partial charge in [0, 0.05) is 26.1 Å². The van der Waals surface area contributed by atoms with Crippen LogP contribution in [0.3, 0.4) is 0 Å². The molecule has 1 amide bonds. The molecule has 0 atom stereocenters. The number of rotatable bonds is 4. The number of carbonyl (C=O) groups is 1. The van der Waals surface area contributed by atoms with Gasteiger partial charge in [-0.15, -0.1) is 0 Å². The Morgan fingerprint density at radius 1 is 1.54 bits per heavy atom. The van der Waals surface area contributed by atoms with Gasteiger partial charge in [0.1, 0.15) is 0 Å². The van der Waals surface area contributed by atoms with Crippen LogP contribution in [0.2, 0.25) is 0 Å². The van der Waals surface area contributed by atoms with Gasteiger partial charge in [-0.1, -0.05) is 13.8 Å². The Morgan fingerprint density at radius 2 is 2.23 bits per heavy atom. The van der Waals surface area contributed by atoms with Crippen LogP contribution >= 0.6 is 0 Å². The van der Waals surface area contributed by atoms with E-state index in [9.17, 15) is 4.79 Å². The SMILES string of the molecule is CC(C)(CCO)CN1CCCC1=O. The van der Waals surface area contributed by atoms with E-state index >= 15 is 0 Å². The van der Waals surface area contributed by atoms with Gasteiger partial charge in [0.2, 0.25) is 5.91 Å². The number of amides is 1. The number of aliphatic hydroxyl groups is 1. The average molecular weight is 185 g/mol. The first-order valence-electron chi connectivity index (χ1n) is 4.94. The average Bonchev–Trinajstić information content (AvgIpc) is 2.35. The molecule has 0 spiro atoms. The molecule has 1 N–H and O–H groups in total. The highest BCUT2D eigenvalue weighted by Crippen LogP contribution is 2.23. The van der Waals surface area contributed by atoms with Gasteiger partial charge in [-0.3, -0.25) is 4.79 Å². The van der Waals surface area contributed by atoms with E-state index in [0.717, 1.165) is 25.9 Å². The summed E-state index contributed by atoms with van der Waals surface area (Å²) in [5.74, 6) is 0.269. The van der Waals surface area contributed by atoms with E-state index in [4.69, 9.17) is 5.11 Å². The van der Waals surface area contributed by atoms with E-state index in [0.29, 0.717) is 6.42 Å². The minimum Gasteiger partial charge on any atom is -0.396 e. The first-order valence-corrected chi connectivity index (χ1v) is 4.94. The Labute approximate surface area is 79.7 Å².